The Bertz CT molecular complexity index is 1140. The van der Waals surface area contributed by atoms with Crippen molar-refractivity contribution in [3.63, 3.8) is 0 Å². The van der Waals surface area contributed by atoms with Crippen molar-refractivity contribution in [1.82, 2.24) is 15.2 Å². The molecule has 3 aromatic carbocycles. The Morgan fingerprint density at radius 3 is 2.24 bits per heavy atom. The molecule has 2 heterocycles. The fourth-order valence-electron chi connectivity index (χ4n) is 4.35. The standard InChI is InChI=1S/C29H31N3OS/c1-3-7-23(8-4-1)21-32-17-15-26(16-18-32)30-20-29-31-19-28(34-29)25-11-13-27(14-12-25)33-22-24-9-5-2-6-10-24/h1-14,19,26,30H,15-18,20-22H2. The number of nitrogens with zero attached hydrogens (tertiary/aromatic N) is 2. The molecule has 0 amide bonds. The number of aromatic nitrogens is 1. The molecule has 5 rings (SSSR count). The van der Waals surface area contributed by atoms with Crippen molar-refractivity contribution in [3.8, 4) is 16.2 Å². The van der Waals surface area contributed by atoms with Gasteiger partial charge in [0.25, 0.3) is 0 Å². The van der Waals surface area contributed by atoms with Gasteiger partial charge in [-0.25, -0.2) is 4.98 Å². The van der Waals surface area contributed by atoms with E-state index in [1.165, 1.54) is 34.4 Å². The number of nitrogens with one attached hydrogen (secondary N) is 1. The monoisotopic (exact) mass is 469 g/mol. The summed E-state index contributed by atoms with van der Waals surface area (Å²) in [5.41, 5.74) is 3.76. The molecule has 4 nitrogen and oxygen atoms in total. The van der Waals surface area contributed by atoms with Crippen LogP contribution in [-0.2, 0) is 19.7 Å². The average molecular weight is 470 g/mol. The van der Waals surface area contributed by atoms with Gasteiger partial charge in [-0.1, -0.05) is 60.7 Å². The SMILES string of the molecule is c1ccc(COc2ccc(-c3cnc(CNC4CCN(Cc5ccccc5)CC4)s3)cc2)cc1. The molecule has 4 aromatic rings. The van der Waals surface area contributed by atoms with Gasteiger partial charge in [0.2, 0.25) is 0 Å². The lowest BCUT2D eigenvalue weighted by atomic mass is 10.0. The minimum Gasteiger partial charge on any atom is -0.489 e. The van der Waals surface area contributed by atoms with Crippen LogP contribution in [0.3, 0.4) is 0 Å². The van der Waals surface area contributed by atoms with Crippen LogP contribution in [0.25, 0.3) is 10.4 Å². The summed E-state index contributed by atoms with van der Waals surface area (Å²) in [5, 5.41) is 4.87. The van der Waals surface area contributed by atoms with E-state index in [-0.39, 0.29) is 0 Å². The molecular weight excluding hydrogens is 438 g/mol. The van der Waals surface area contributed by atoms with E-state index < -0.39 is 0 Å². The number of likely N-dealkylation sites (tertiary alicyclic amines) is 1. The molecule has 0 unspecified atom stereocenters. The van der Waals surface area contributed by atoms with E-state index in [1.807, 2.05) is 36.5 Å². The zero-order chi connectivity index (χ0) is 23.0. The molecule has 34 heavy (non-hydrogen) atoms. The van der Waals surface area contributed by atoms with E-state index in [0.29, 0.717) is 12.6 Å². The van der Waals surface area contributed by atoms with Crippen LogP contribution in [0.2, 0.25) is 0 Å². The van der Waals surface area contributed by atoms with Crippen molar-refractivity contribution in [2.24, 2.45) is 0 Å². The van der Waals surface area contributed by atoms with Gasteiger partial charge in [-0.3, -0.25) is 4.90 Å². The minimum atomic E-state index is 0.570. The minimum absolute atomic E-state index is 0.570. The second kappa shape index (κ2) is 11.4. The van der Waals surface area contributed by atoms with Gasteiger partial charge >= 0.3 is 0 Å². The maximum Gasteiger partial charge on any atom is 0.119 e. The zero-order valence-electron chi connectivity index (χ0n) is 19.4. The lowest BCUT2D eigenvalue weighted by Gasteiger charge is -2.32. The molecule has 0 radical (unpaired) electrons. The summed E-state index contributed by atoms with van der Waals surface area (Å²) in [5.74, 6) is 0.887. The summed E-state index contributed by atoms with van der Waals surface area (Å²) >= 11 is 1.77. The zero-order valence-corrected chi connectivity index (χ0v) is 20.2. The summed E-state index contributed by atoms with van der Waals surface area (Å²) in [7, 11) is 0. The van der Waals surface area contributed by atoms with Gasteiger partial charge in [0.05, 0.1) is 4.88 Å². The van der Waals surface area contributed by atoms with Crippen LogP contribution >= 0.6 is 11.3 Å². The van der Waals surface area contributed by atoms with Crippen LogP contribution < -0.4 is 10.1 Å². The highest BCUT2D eigenvalue weighted by Crippen LogP contribution is 2.28. The largest absolute Gasteiger partial charge is 0.489 e. The van der Waals surface area contributed by atoms with Gasteiger partial charge in [-0.15, -0.1) is 11.3 Å². The van der Waals surface area contributed by atoms with Gasteiger partial charge in [-0.2, -0.15) is 0 Å². The number of rotatable bonds is 9. The Kier molecular flexibility index (Phi) is 7.66. The summed E-state index contributed by atoms with van der Waals surface area (Å²) in [6.07, 6.45) is 4.37. The Morgan fingerprint density at radius 1 is 0.853 bits per heavy atom. The third-order valence-corrected chi connectivity index (χ3v) is 7.37. The molecule has 5 heteroatoms. The third-order valence-electron chi connectivity index (χ3n) is 6.32. The predicted octanol–water partition coefficient (Wildman–Crippen LogP) is 6.14. The van der Waals surface area contributed by atoms with Gasteiger partial charge in [0, 0.05) is 25.3 Å². The van der Waals surface area contributed by atoms with Crippen molar-refractivity contribution < 1.29 is 4.74 Å². The molecule has 1 fully saturated rings. The molecule has 0 bridgehead atoms. The predicted molar refractivity (Wildman–Crippen MR) is 140 cm³/mol. The molecule has 0 spiro atoms. The fourth-order valence-corrected chi connectivity index (χ4v) is 5.22. The van der Waals surface area contributed by atoms with Crippen LogP contribution in [0.4, 0.5) is 0 Å². The van der Waals surface area contributed by atoms with E-state index in [2.05, 4.69) is 69.8 Å². The number of hydrogen-bond donors (Lipinski definition) is 1. The molecule has 0 saturated carbocycles. The number of thiazole rings is 1. The number of piperidine rings is 1. The van der Waals surface area contributed by atoms with E-state index >= 15 is 0 Å². The average Bonchev–Trinajstić information content (AvgIpc) is 3.38. The quantitative estimate of drug-likeness (QED) is 0.319. The Hall–Kier alpha value is -2.99. The Labute approximate surface area is 206 Å². The molecule has 1 aliphatic heterocycles. The maximum absolute atomic E-state index is 5.91. The van der Waals surface area contributed by atoms with Crippen molar-refractivity contribution in [3.05, 3.63) is 107 Å². The second-order valence-electron chi connectivity index (χ2n) is 8.83. The number of benzene rings is 3. The highest BCUT2D eigenvalue weighted by molar-refractivity contribution is 7.15. The molecular formula is C29H31N3OS. The number of ether oxygens (including phenoxy) is 1. The third kappa shape index (κ3) is 6.32. The second-order valence-corrected chi connectivity index (χ2v) is 9.95. The van der Waals surface area contributed by atoms with Gasteiger partial charge in [-0.05, 0) is 66.9 Å². The van der Waals surface area contributed by atoms with Crippen LogP contribution in [0.1, 0.15) is 29.0 Å². The smallest absolute Gasteiger partial charge is 0.119 e. The van der Waals surface area contributed by atoms with Crippen LogP contribution in [0.15, 0.2) is 91.1 Å². The first kappa shape index (κ1) is 22.8. The topological polar surface area (TPSA) is 37.4 Å². The van der Waals surface area contributed by atoms with Gasteiger partial charge in [0.15, 0.2) is 0 Å². The molecule has 1 N–H and O–H groups in total. The highest BCUT2D eigenvalue weighted by atomic mass is 32.1. The van der Waals surface area contributed by atoms with Crippen molar-refractivity contribution >= 4 is 11.3 Å². The summed E-state index contributed by atoms with van der Waals surface area (Å²) in [6, 6.07) is 29.9. The Morgan fingerprint density at radius 2 is 1.53 bits per heavy atom. The summed E-state index contributed by atoms with van der Waals surface area (Å²) < 4.78 is 5.91. The van der Waals surface area contributed by atoms with E-state index in [1.54, 1.807) is 11.3 Å². The van der Waals surface area contributed by atoms with Crippen LogP contribution in [0, 0.1) is 0 Å². The first-order valence-corrected chi connectivity index (χ1v) is 12.8. The van der Waals surface area contributed by atoms with Crippen LogP contribution in [0.5, 0.6) is 5.75 Å². The van der Waals surface area contributed by atoms with E-state index in [0.717, 1.165) is 36.9 Å². The van der Waals surface area contributed by atoms with Gasteiger partial charge < -0.3 is 10.1 Å². The lowest BCUT2D eigenvalue weighted by molar-refractivity contribution is 0.190. The van der Waals surface area contributed by atoms with Crippen molar-refractivity contribution in [1.29, 1.82) is 0 Å². The van der Waals surface area contributed by atoms with E-state index in [9.17, 15) is 0 Å². The normalized spacial score (nSPS) is 14.8. The molecule has 0 atom stereocenters. The Balaban J connectivity index is 1.07. The molecule has 1 saturated heterocycles. The first-order chi connectivity index (χ1) is 16.8. The van der Waals surface area contributed by atoms with Crippen molar-refractivity contribution in [2.45, 2.75) is 38.6 Å². The summed E-state index contributed by atoms with van der Waals surface area (Å²) in [6.45, 7) is 4.77. The van der Waals surface area contributed by atoms with Gasteiger partial charge in [0.1, 0.15) is 17.4 Å². The fraction of sp³-hybridized carbons (Fsp3) is 0.276. The lowest BCUT2D eigenvalue weighted by Crippen LogP contribution is -2.41. The molecule has 1 aromatic heterocycles. The maximum atomic E-state index is 5.91. The number of hydrogen-bond acceptors (Lipinski definition) is 5. The van der Waals surface area contributed by atoms with Crippen molar-refractivity contribution in [2.75, 3.05) is 13.1 Å². The summed E-state index contributed by atoms with van der Waals surface area (Å²) in [4.78, 5) is 8.42. The van der Waals surface area contributed by atoms with Crippen LogP contribution in [-0.4, -0.2) is 29.0 Å². The van der Waals surface area contributed by atoms with E-state index in [4.69, 9.17) is 4.74 Å². The first-order valence-electron chi connectivity index (χ1n) is 12.0. The molecule has 0 aliphatic carbocycles. The molecule has 174 valence electrons. The molecule has 1 aliphatic rings. The highest BCUT2D eigenvalue weighted by Gasteiger charge is 2.19.